The summed E-state index contributed by atoms with van der Waals surface area (Å²) in [5.41, 5.74) is 0. The number of phosphoric ester groups is 2. The highest BCUT2D eigenvalue weighted by molar-refractivity contribution is 7.47. The van der Waals surface area contributed by atoms with Gasteiger partial charge in [0, 0.05) is 25.7 Å². The number of hydrogen-bond acceptors (Lipinski definition) is 15. The van der Waals surface area contributed by atoms with E-state index in [2.05, 4.69) is 137 Å². The molecule has 0 aromatic rings. The van der Waals surface area contributed by atoms with Crippen LogP contribution < -0.4 is 0 Å². The van der Waals surface area contributed by atoms with Gasteiger partial charge in [-0.2, -0.15) is 0 Å². The maximum absolute atomic E-state index is 13.1. The number of phosphoric acid groups is 2. The molecule has 0 radical (unpaired) electrons. The second-order valence-corrected chi connectivity index (χ2v) is 29.5. The van der Waals surface area contributed by atoms with E-state index in [9.17, 15) is 43.2 Å². The maximum atomic E-state index is 13.1. The number of aliphatic hydroxyl groups is 1. The standard InChI is InChI=1S/C83H144O17P2/c1-5-9-13-17-21-25-29-32-34-36-38-40-42-45-49-52-56-60-64-68-81(86)94-74-79(100-83(88)70-66-62-58-54-50-46-43-41-39-37-35-33-30-26-22-18-14-10-6-2)76-98-102(91,92)96-72-77(84)71-95-101(89,90)97-75-78(99-82(87)69-65-61-57-53-47-28-24-20-16-12-8-4)73-93-80(85)67-63-59-55-51-48-44-31-27-23-19-15-11-7-3/h9-10,13-14,21-22,25-26,32-35,38-41,45,49,77-79,84H,5-8,11-12,15-20,23-24,27-31,36-37,42-44,46-48,50-76H2,1-4H3,(H,89,90)(H,91,92)/b13-9-,14-10-,25-21-,26-22-,34-32-,35-33-,40-38-,41-39-,49-45-. The van der Waals surface area contributed by atoms with E-state index in [0.717, 1.165) is 161 Å². The fourth-order valence-corrected chi connectivity index (χ4v) is 12.3. The van der Waals surface area contributed by atoms with Gasteiger partial charge in [-0.25, -0.2) is 9.13 Å². The second kappa shape index (κ2) is 75.0. The molecule has 0 aliphatic heterocycles. The second-order valence-electron chi connectivity index (χ2n) is 26.6. The monoisotopic (exact) mass is 1470 g/mol. The van der Waals surface area contributed by atoms with Gasteiger partial charge in [-0.15, -0.1) is 0 Å². The summed E-state index contributed by atoms with van der Waals surface area (Å²) in [7, 11) is -9.96. The largest absolute Gasteiger partial charge is 0.472 e. The van der Waals surface area contributed by atoms with Crippen molar-refractivity contribution in [1.29, 1.82) is 0 Å². The quantitative estimate of drug-likeness (QED) is 0.0169. The Kier molecular flexibility index (Phi) is 71.8. The fraction of sp³-hybridized carbons (Fsp3) is 0.735. The summed E-state index contributed by atoms with van der Waals surface area (Å²) in [6.07, 6.45) is 80.7. The van der Waals surface area contributed by atoms with Crippen molar-refractivity contribution in [1.82, 2.24) is 0 Å². The zero-order valence-electron chi connectivity index (χ0n) is 64.3. The van der Waals surface area contributed by atoms with E-state index < -0.39 is 97.5 Å². The first kappa shape index (κ1) is 97.7. The number of rotatable bonds is 75. The molecule has 0 heterocycles. The van der Waals surface area contributed by atoms with Crippen molar-refractivity contribution >= 4 is 39.5 Å². The van der Waals surface area contributed by atoms with E-state index in [-0.39, 0.29) is 25.7 Å². The Morgan fingerprint density at radius 3 is 0.794 bits per heavy atom. The minimum absolute atomic E-state index is 0.0699. The molecule has 19 heteroatoms. The number of carbonyl (C=O) groups excluding carboxylic acids is 4. The van der Waals surface area contributed by atoms with Crippen molar-refractivity contribution in [3.63, 3.8) is 0 Å². The first-order valence-electron chi connectivity index (χ1n) is 40.1. The molecule has 0 aromatic carbocycles. The lowest BCUT2D eigenvalue weighted by molar-refractivity contribution is -0.161. The van der Waals surface area contributed by atoms with Crippen LogP contribution in [-0.4, -0.2) is 96.7 Å². The Labute approximate surface area is 619 Å². The molecular formula is C83H144O17P2. The van der Waals surface area contributed by atoms with Crippen LogP contribution in [0.3, 0.4) is 0 Å². The molecule has 0 spiro atoms. The molecule has 0 aromatic heterocycles. The van der Waals surface area contributed by atoms with Gasteiger partial charge < -0.3 is 33.8 Å². The summed E-state index contributed by atoms with van der Waals surface area (Å²) in [5, 5.41) is 10.6. The summed E-state index contributed by atoms with van der Waals surface area (Å²) in [4.78, 5) is 73.0. The van der Waals surface area contributed by atoms with E-state index in [1.165, 1.54) is 96.3 Å². The van der Waals surface area contributed by atoms with Crippen molar-refractivity contribution in [3.05, 3.63) is 109 Å². The maximum Gasteiger partial charge on any atom is 0.472 e. The third-order valence-electron chi connectivity index (χ3n) is 16.8. The van der Waals surface area contributed by atoms with Crippen LogP contribution in [0.15, 0.2) is 109 Å². The van der Waals surface area contributed by atoms with Crippen LogP contribution in [0.2, 0.25) is 0 Å². The van der Waals surface area contributed by atoms with Crippen LogP contribution in [0.5, 0.6) is 0 Å². The Balaban J connectivity index is 5.37. The lowest BCUT2D eigenvalue weighted by atomic mass is 10.0. The number of esters is 4. The predicted octanol–water partition coefficient (Wildman–Crippen LogP) is 23.3. The third kappa shape index (κ3) is 74.0. The lowest BCUT2D eigenvalue weighted by Gasteiger charge is -2.21. The zero-order valence-corrected chi connectivity index (χ0v) is 66.0. The summed E-state index contributed by atoms with van der Waals surface area (Å²) < 4.78 is 68.6. The first-order chi connectivity index (χ1) is 49.7. The number of allylic oxidation sites excluding steroid dienone is 18. The van der Waals surface area contributed by atoms with Gasteiger partial charge in [0.05, 0.1) is 26.4 Å². The molecule has 0 fully saturated rings. The highest BCUT2D eigenvalue weighted by Gasteiger charge is 2.30. The minimum Gasteiger partial charge on any atom is -0.462 e. The van der Waals surface area contributed by atoms with E-state index >= 15 is 0 Å². The average Bonchev–Trinajstić information content (AvgIpc) is 0.940. The van der Waals surface area contributed by atoms with Crippen LogP contribution in [0, 0.1) is 0 Å². The normalized spacial score (nSPS) is 14.5. The van der Waals surface area contributed by atoms with Crippen LogP contribution in [0.25, 0.3) is 0 Å². The minimum atomic E-state index is -4.99. The third-order valence-corrected chi connectivity index (χ3v) is 18.7. The van der Waals surface area contributed by atoms with Crippen LogP contribution >= 0.6 is 15.6 Å². The van der Waals surface area contributed by atoms with Gasteiger partial charge in [-0.3, -0.25) is 37.3 Å². The Hall–Kier alpha value is -4.28. The van der Waals surface area contributed by atoms with Crippen molar-refractivity contribution in [2.75, 3.05) is 39.6 Å². The number of hydrogen-bond donors (Lipinski definition) is 3. The van der Waals surface area contributed by atoms with Gasteiger partial charge in [0.1, 0.15) is 19.3 Å². The lowest BCUT2D eigenvalue weighted by Crippen LogP contribution is -2.30. The van der Waals surface area contributed by atoms with Crippen molar-refractivity contribution in [2.24, 2.45) is 0 Å². The molecule has 102 heavy (non-hydrogen) atoms. The summed E-state index contributed by atoms with van der Waals surface area (Å²) >= 11 is 0. The Bertz CT molecular complexity index is 2360. The highest BCUT2D eigenvalue weighted by Crippen LogP contribution is 2.45. The topological polar surface area (TPSA) is 237 Å². The molecule has 5 atom stereocenters. The molecular weight excluding hydrogens is 1330 g/mol. The van der Waals surface area contributed by atoms with Gasteiger partial charge in [-0.1, -0.05) is 310 Å². The van der Waals surface area contributed by atoms with E-state index in [1.54, 1.807) is 0 Å². The molecule has 5 unspecified atom stereocenters. The SMILES string of the molecule is CC/C=C\C/C=C\C/C=C\C/C=C\C/C=C\CCCCCC(=O)OCC(COP(=O)(O)OCC(O)COP(=O)(O)OCC(COC(=O)CCCCCCCCCCCCCCC)OC(=O)CCCCCCCCCCCCC)OC(=O)CCCCCCCC/C=C\C/C=C\C/C=C\C/C=C\CC. The molecule has 0 amide bonds. The van der Waals surface area contributed by atoms with Gasteiger partial charge >= 0.3 is 39.5 Å². The molecule has 0 saturated heterocycles. The van der Waals surface area contributed by atoms with E-state index in [1.807, 2.05) is 0 Å². The number of carbonyl (C=O) groups is 4. The molecule has 0 saturated carbocycles. The Morgan fingerprint density at radius 2 is 0.510 bits per heavy atom. The summed E-state index contributed by atoms with van der Waals surface area (Å²) in [6.45, 7) is 4.63. The summed E-state index contributed by atoms with van der Waals surface area (Å²) in [5.74, 6) is -2.21. The van der Waals surface area contributed by atoms with E-state index in [4.69, 9.17) is 37.0 Å². The number of ether oxygens (including phenoxy) is 4. The highest BCUT2D eigenvalue weighted by atomic mass is 31.2. The van der Waals surface area contributed by atoms with Gasteiger partial charge in [0.2, 0.25) is 0 Å². The van der Waals surface area contributed by atoms with Crippen LogP contribution in [-0.2, 0) is 65.4 Å². The fourth-order valence-electron chi connectivity index (χ4n) is 10.7. The molecule has 0 aliphatic rings. The molecule has 17 nitrogen and oxygen atoms in total. The molecule has 0 bridgehead atoms. The molecule has 0 rings (SSSR count). The molecule has 0 aliphatic carbocycles. The van der Waals surface area contributed by atoms with Crippen LogP contribution in [0.1, 0.15) is 336 Å². The molecule has 588 valence electrons. The first-order valence-corrected chi connectivity index (χ1v) is 43.1. The van der Waals surface area contributed by atoms with Crippen molar-refractivity contribution < 1.29 is 80.2 Å². The van der Waals surface area contributed by atoms with E-state index in [0.29, 0.717) is 25.7 Å². The van der Waals surface area contributed by atoms with Crippen LogP contribution in [0.4, 0.5) is 0 Å². The van der Waals surface area contributed by atoms with Gasteiger partial charge in [-0.05, 0) is 109 Å². The van der Waals surface area contributed by atoms with Gasteiger partial charge in [0.25, 0.3) is 0 Å². The number of unbranched alkanes of at least 4 members (excludes halogenated alkanes) is 31. The average molecular weight is 1480 g/mol. The Morgan fingerprint density at radius 1 is 0.284 bits per heavy atom. The summed E-state index contributed by atoms with van der Waals surface area (Å²) in [6, 6.07) is 0. The smallest absolute Gasteiger partial charge is 0.462 e. The van der Waals surface area contributed by atoms with Crippen molar-refractivity contribution in [2.45, 2.75) is 354 Å². The molecule has 3 N–H and O–H groups in total. The zero-order chi connectivity index (χ0) is 74.6. The van der Waals surface area contributed by atoms with Crippen molar-refractivity contribution in [3.8, 4) is 0 Å². The predicted molar refractivity (Wildman–Crippen MR) is 418 cm³/mol. The van der Waals surface area contributed by atoms with Gasteiger partial charge in [0.15, 0.2) is 12.2 Å². The number of aliphatic hydroxyl groups excluding tert-OH is 1.